The van der Waals surface area contributed by atoms with Crippen molar-refractivity contribution in [2.24, 2.45) is 10.7 Å². The quantitative estimate of drug-likeness (QED) is 0.686. The number of aromatic nitrogens is 1. The van der Waals surface area contributed by atoms with Gasteiger partial charge in [0.05, 0.1) is 5.69 Å². The highest BCUT2D eigenvalue weighted by Gasteiger charge is 2.14. The predicted molar refractivity (Wildman–Crippen MR) is 80.8 cm³/mol. The monoisotopic (exact) mass is 323 g/mol. The molecule has 1 unspecified atom stereocenters. The number of hydrogen-bond donors (Lipinski definition) is 1. The number of aliphatic imine (C=N–C) groups is 1. The molecule has 0 aromatic carbocycles. The minimum atomic E-state index is -0.0455. The summed E-state index contributed by atoms with van der Waals surface area (Å²) in [6.07, 6.45) is 4.77. The molecule has 2 N–H and O–H groups in total. The zero-order chi connectivity index (χ0) is 13.7. The Morgan fingerprint density at radius 2 is 2.37 bits per heavy atom. The number of pyridine rings is 1. The fourth-order valence-corrected chi connectivity index (χ4v) is 2.40. The normalized spacial score (nSPS) is 21.5. The predicted octanol–water partition coefficient (Wildman–Crippen LogP) is 3.13. The van der Waals surface area contributed by atoms with Gasteiger partial charge in [-0.3, -0.25) is 4.99 Å². The zero-order valence-corrected chi connectivity index (χ0v) is 12.6. The number of allylic oxidation sites excluding steroid dienone is 1. The molecule has 1 fully saturated rings. The standard InChI is InChI=1S/C14H18BrN3O/c1-10(17-14-7-2-3-8-19-14)11(9-16)12-5-4-6-13(15)18-12/h4-6,9,14H,2-3,7-8,16H2,1H3. The molecule has 1 aromatic heterocycles. The average molecular weight is 324 g/mol. The Hall–Kier alpha value is -1.20. The van der Waals surface area contributed by atoms with Crippen molar-refractivity contribution in [1.29, 1.82) is 0 Å². The first-order chi connectivity index (χ1) is 9.20. The maximum Gasteiger partial charge on any atom is 0.148 e. The molecule has 0 aliphatic carbocycles. The fourth-order valence-electron chi connectivity index (χ4n) is 2.06. The first-order valence-corrected chi connectivity index (χ1v) is 7.21. The van der Waals surface area contributed by atoms with Gasteiger partial charge in [0.25, 0.3) is 0 Å². The highest BCUT2D eigenvalue weighted by atomic mass is 79.9. The summed E-state index contributed by atoms with van der Waals surface area (Å²) in [5.41, 5.74) is 8.24. The van der Waals surface area contributed by atoms with Crippen molar-refractivity contribution in [3.8, 4) is 0 Å². The van der Waals surface area contributed by atoms with E-state index in [1.165, 1.54) is 0 Å². The van der Waals surface area contributed by atoms with Crippen LogP contribution in [0.4, 0.5) is 0 Å². The van der Waals surface area contributed by atoms with E-state index in [9.17, 15) is 0 Å². The molecule has 1 saturated heterocycles. The summed E-state index contributed by atoms with van der Waals surface area (Å²) >= 11 is 3.36. The fraction of sp³-hybridized carbons (Fsp3) is 0.429. The van der Waals surface area contributed by atoms with Crippen LogP contribution in [0.25, 0.3) is 5.57 Å². The second kappa shape index (κ2) is 6.82. The van der Waals surface area contributed by atoms with Crippen LogP contribution in [0.3, 0.4) is 0 Å². The topological polar surface area (TPSA) is 60.5 Å². The van der Waals surface area contributed by atoms with Crippen molar-refractivity contribution in [3.63, 3.8) is 0 Å². The van der Waals surface area contributed by atoms with Crippen molar-refractivity contribution >= 4 is 27.2 Å². The third-order valence-electron chi connectivity index (χ3n) is 3.04. The van der Waals surface area contributed by atoms with Gasteiger partial charge in [0, 0.05) is 24.1 Å². The highest BCUT2D eigenvalue weighted by Crippen LogP contribution is 2.19. The molecule has 5 heteroatoms. The Kier molecular flexibility index (Phi) is 5.10. The second-order valence-electron chi connectivity index (χ2n) is 4.46. The molecule has 1 aliphatic rings. The Labute approximate surface area is 121 Å². The molecule has 19 heavy (non-hydrogen) atoms. The van der Waals surface area contributed by atoms with Gasteiger partial charge in [-0.25, -0.2) is 4.98 Å². The van der Waals surface area contributed by atoms with Crippen LogP contribution in [0.1, 0.15) is 31.9 Å². The lowest BCUT2D eigenvalue weighted by molar-refractivity contribution is 0.0224. The number of ether oxygens (including phenoxy) is 1. The summed E-state index contributed by atoms with van der Waals surface area (Å²) in [6.45, 7) is 2.73. The van der Waals surface area contributed by atoms with Gasteiger partial charge < -0.3 is 10.5 Å². The first-order valence-electron chi connectivity index (χ1n) is 6.42. The van der Waals surface area contributed by atoms with Crippen LogP contribution < -0.4 is 5.73 Å². The molecule has 0 spiro atoms. The molecule has 0 amide bonds. The van der Waals surface area contributed by atoms with E-state index < -0.39 is 0 Å². The van der Waals surface area contributed by atoms with E-state index in [1.807, 2.05) is 25.1 Å². The Bertz CT molecular complexity index is 493. The van der Waals surface area contributed by atoms with Crippen molar-refractivity contribution in [2.75, 3.05) is 6.61 Å². The number of nitrogens with two attached hydrogens (primary N) is 1. The second-order valence-corrected chi connectivity index (χ2v) is 5.27. The van der Waals surface area contributed by atoms with Crippen LogP contribution in [-0.4, -0.2) is 23.5 Å². The van der Waals surface area contributed by atoms with E-state index in [4.69, 9.17) is 10.5 Å². The van der Waals surface area contributed by atoms with Crippen LogP contribution >= 0.6 is 15.9 Å². The lowest BCUT2D eigenvalue weighted by Crippen LogP contribution is -2.18. The minimum absolute atomic E-state index is 0.0455. The maximum absolute atomic E-state index is 5.72. The number of rotatable bonds is 3. The van der Waals surface area contributed by atoms with Gasteiger partial charge >= 0.3 is 0 Å². The van der Waals surface area contributed by atoms with Crippen molar-refractivity contribution in [1.82, 2.24) is 4.98 Å². The molecule has 4 nitrogen and oxygen atoms in total. The number of nitrogens with zero attached hydrogens (tertiary/aromatic N) is 2. The summed E-state index contributed by atoms with van der Waals surface area (Å²) in [4.78, 5) is 9.01. The van der Waals surface area contributed by atoms with Gasteiger partial charge in [-0.15, -0.1) is 0 Å². The average Bonchev–Trinajstić information content (AvgIpc) is 2.41. The van der Waals surface area contributed by atoms with Gasteiger partial charge in [-0.2, -0.15) is 0 Å². The van der Waals surface area contributed by atoms with E-state index in [0.717, 1.165) is 47.5 Å². The Morgan fingerprint density at radius 1 is 1.53 bits per heavy atom. The van der Waals surface area contributed by atoms with Crippen LogP contribution in [-0.2, 0) is 4.74 Å². The largest absolute Gasteiger partial charge is 0.404 e. The molecule has 2 rings (SSSR count). The van der Waals surface area contributed by atoms with E-state index in [-0.39, 0.29) is 6.23 Å². The first kappa shape index (κ1) is 14.2. The molecule has 102 valence electrons. The molecule has 0 radical (unpaired) electrons. The molecule has 2 heterocycles. The summed E-state index contributed by atoms with van der Waals surface area (Å²) in [6, 6.07) is 5.73. The van der Waals surface area contributed by atoms with Gasteiger partial charge in [0.15, 0.2) is 0 Å². The molecule has 0 bridgehead atoms. The SMILES string of the molecule is CC(=NC1CCCCO1)C(=CN)c1cccc(Br)n1. The molecule has 1 atom stereocenters. The minimum Gasteiger partial charge on any atom is -0.404 e. The smallest absolute Gasteiger partial charge is 0.148 e. The Morgan fingerprint density at radius 3 is 3.00 bits per heavy atom. The van der Waals surface area contributed by atoms with Crippen molar-refractivity contribution in [2.45, 2.75) is 32.4 Å². The van der Waals surface area contributed by atoms with E-state index in [1.54, 1.807) is 6.20 Å². The Balaban J connectivity index is 2.19. The van der Waals surface area contributed by atoms with Gasteiger partial charge in [-0.05, 0) is 54.2 Å². The van der Waals surface area contributed by atoms with Crippen LogP contribution in [0.2, 0.25) is 0 Å². The van der Waals surface area contributed by atoms with Crippen LogP contribution in [0, 0.1) is 0 Å². The summed E-state index contributed by atoms with van der Waals surface area (Å²) in [7, 11) is 0. The third-order valence-corrected chi connectivity index (χ3v) is 3.48. The number of hydrogen-bond acceptors (Lipinski definition) is 4. The molecular weight excluding hydrogens is 306 g/mol. The van der Waals surface area contributed by atoms with Crippen molar-refractivity contribution in [3.05, 3.63) is 34.7 Å². The highest BCUT2D eigenvalue weighted by molar-refractivity contribution is 9.10. The lowest BCUT2D eigenvalue weighted by Gasteiger charge is -2.20. The summed E-state index contributed by atoms with van der Waals surface area (Å²) in [5, 5.41) is 0. The maximum atomic E-state index is 5.72. The lowest BCUT2D eigenvalue weighted by atomic mass is 10.1. The van der Waals surface area contributed by atoms with Gasteiger partial charge in [-0.1, -0.05) is 6.07 Å². The van der Waals surface area contributed by atoms with Gasteiger partial charge in [0.2, 0.25) is 0 Å². The van der Waals surface area contributed by atoms with E-state index >= 15 is 0 Å². The van der Waals surface area contributed by atoms with Gasteiger partial charge in [0.1, 0.15) is 10.8 Å². The van der Waals surface area contributed by atoms with Crippen LogP contribution in [0.15, 0.2) is 34.0 Å². The third kappa shape index (κ3) is 3.88. The molecule has 1 aromatic rings. The van der Waals surface area contributed by atoms with Crippen molar-refractivity contribution < 1.29 is 4.74 Å². The molecular formula is C14H18BrN3O. The number of halogens is 1. The molecule has 1 aliphatic heterocycles. The summed E-state index contributed by atoms with van der Waals surface area (Å²) in [5.74, 6) is 0. The molecule has 0 saturated carbocycles. The van der Waals surface area contributed by atoms with E-state index in [0.29, 0.717) is 0 Å². The van der Waals surface area contributed by atoms with Crippen LogP contribution in [0.5, 0.6) is 0 Å². The zero-order valence-electron chi connectivity index (χ0n) is 11.0. The summed E-state index contributed by atoms with van der Waals surface area (Å²) < 4.78 is 6.40. The van der Waals surface area contributed by atoms with E-state index in [2.05, 4.69) is 25.9 Å².